The van der Waals surface area contributed by atoms with E-state index in [0.717, 1.165) is 48.8 Å². The van der Waals surface area contributed by atoms with Gasteiger partial charge in [0.2, 0.25) is 0 Å². The maximum absolute atomic E-state index is 6.62. The zero-order valence-corrected chi connectivity index (χ0v) is 14.6. The van der Waals surface area contributed by atoms with E-state index >= 15 is 0 Å². The summed E-state index contributed by atoms with van der Waals surface area (Å²) in [7, 11) is 1.96. The van der Waals surface area contributed by atoms with E-state index < -0.39 is 0 Å². The fourth-order valence-corrected chi connectivity index (χ4v) is 3.79. The Bertz CT molecular complexity index is 479. The normalized spacial score (nSPS) is 20.7. The van der Waals surface area contributed by atoms with E-state index in [2.05, 4.69) is 30.8 Å². The molecule has 0 spiro atoms. The molecule has 1 aliphatic heterocycles. The lowest BCUT2D eigenvalue weighted by atomic mass is 9.85. The second-order valence-electron chi connectivity index (χ2n) is 6.40. The number of aromatic nitrogens is 2. The first-order valence-corrected chi connectivity index (χ1v) is 8.52. The van der Waals surface area contributed by atoms with Gasteiger partial charge in [0.1, 0.15) is 0 Å². The molecule has 1 aromatic heterocycles. The minimum atomic E-state index is 0.0382. The van der Waals surface area contributed by atoms with Gasteiger partial charge in [0, 0.05) is 25.0 Å². The first-order chi connectivity index (χ1) is 9.93. The maximum Gasteiger partial charge on any atom is 0.0850 e. The molecule has 0 saturated carbocycles. The third-order valence-electron chi connectivity index (χ3n) is 5.26. The Kier molecular flexibility index (Phi) is 5.33. The van der Waals surface area contributed by atoms with E-state index in [1.165, 1.54) is 12.8 Å². The highest BCUT2D eigenvalue weighted by Crippen LogP contribution is 2.30. The lowest BCUT2D eigenvalue weighted by Crippen LogP contribution is -2.57. The first-order valence-electron chi connectivity index (χ1n) is 8.14. The molecular weight excluding hydrogens is 284 g/mol. The summed E-state index contributed by atoms with van der Waals surface area (Å²) in [5, 5.41) is 5.30. The van der Waals surface area contributed by atoms with E-state index in [-0.39, 0.29) is 11.6 Å². The van der Waals surface area contributed by atoms with Gasteiger partial charge in [-0.15, -0.1) is 0 Å². The maximum atomic E-state index is 6.62. The number of rotatable bonds is 6. The van der Waals surface area contributed by atoms with Gasteiger partial charge in [-0.25, -0.2) is 0 Å². The van der Waals surface area contributed by atoms with E-state index in [1.807, 2.05) is 11.7 Å². The highest BCUT2D eigenvalue weighted by molar-refractivity contribution is 6.31. The fraction of sp³-hybridized carbons (Fsp3) is 0.812. The fourth-order valence-electron chi connectivity index (χ4n) is 3.42. The number of hydrogen-bond acceptors (Lipinski definition) is 3. The van der Waals surface area contributed by atoms with Crippen molar-refractivity contribution in [1.29, 1.82) is 0 Å². The van der Waals surface area contributed by atoms with Crippen molar-refractivity contribution >= 4 is 11.6 Å². The summed E-state index contributed by atoms with van der Waals surface area (Å²) in [5.74, 6) is 0. The van der Waals surface area contributed by atoms with E-state index in [9.17, 15) is 0 Å². The van der Waals surface area contributed by atoms with Gasteiger partial charge in [0.25, 0.3) is 0 Å². The molecule has 2 rings (SSSR count). The molecule has 1 fully saturated rings. The topological polar surface area (TPSA) is 47.1 Å². The van der Waals surface area contributed by atoms with Gasteiger partial charge in [-0.3, -0.25) is 9.58 Å². The van der Waals surface area contributed by atoms with Gasteiger partial charge in [-0.1, -0.05) is 25.4 Å². The zero-order chi connectivity index (χ0) is 15.6. The molecule has 0 radical (unpaired) electrons. The number of hydrogen-bond donors (Lipinski definition) is 1. The third-order valence-corrected chi connectivity index (χ3v) is 5.70. The monoisotopic (exact) mass is 312 g/mol. The number of nitrogens with two attached hydrogens (primary N) is 1. The SMILES string of the molecule is CCc1nn(C)c(CC(N)C(C)(CC)N2CCCC2)c1Cl. The summed E-state index contributed by atoms with van der Waals surface area (Å²) in [6.45, 7) is 8.95. The second-order valence-corrected chi connectivity index (χ2v) is 6.78. The Labute approximate surface area is 133 Å². The van der Waals surface area contributed by atoms with Gasteiger partial charge >= 0.3 is 0 Å². The van der Waals surface area contributed by atoms with Crippen LogP contribution in [0.2, 0.25) is 5.02 Å². The van der Waals surface area contributed by atoms with Gasteiger partial charge < -0.3 is 5.73 Å². The van der Waals surface area contributed by atoms with Crippen molar-refractivity contribution in [3.05, 3.63) is 16.4 Å². The molecule has 0 bridgehead atoms. The third kappa shape index (κ3) is 3.13. The number of aryl methyl sites for hydroxylation is 2. The molecule has 0 aromatic carbocycles. The summed E-state index contributed by atoms with van der Waals surface area (Å²) >= 11 is 6.47. The Morgan fingerprint density at radius 1 is 1.33 bits per heavy atom. The minimum Gasteiger partial charge on any atom is -0.326 e. The quantitative estimate of drug-likeness (QED) is 0.878. The molecule has 1 saturated heterocycles. The average Bonchev–Trinajstić information content (AvgIpc) is 3.10. The minimum absolute atomic E-state index is 0.0382. The highest BCUT2D eigenvalue weighted by Gasteiger charge is 2.38. The second kappa shape index (κ2) is 6.67. The summed E-state index contributed by atoms with van der Waals surface area (Å²) in [4.78, 5) is 2.56. The lowest BCUT2D eigenvalue weighted by molar-refractivity contribution is 0.0991. The molecule has 5 heteroatoms. The molecule has 1 aromatic rings. The molecule has 2 N–H and O–H groups in total. The van der Waals surface area contributed by atoms with Crippen LogP contribution in [0.15, 0.2) is 0 Å². The van der Waals surface area contributed by atoms with Crippen molar-refractivity contribution in [1.82, 2.24) is 14.7 Å². The van der Waals surface area contributed by atoms with Crippen LogP contribution in [0, 0.1) is 0 Å². The average molecular weight is 313 g/mol. The first kappa shape index (κ1) is 16.8. The van der Waals surface area contributed by atoms with Crippen LogP contribution in [0.4, 0.5) is 0 Å². The van der Waals surface area contributed by atoms with Gasteiger partial charge in [-0.05, 0) is 45.7 Å². The zero-order valence-electron chi connectivity index (χ0n) is 13.8. The summed E-state index contributed by atoms with van der Waals surface area (Å²) in [6, 6.07) is 0.0678. The molecule has 1 aliphatic rings. The van der Waals surface area contributed by atoms with Gasteiger partial charge in [-0.2, -0.15) is 5.10 Å². The van der Waals surface area contributed by atoms with Crippen molar-refractivity contribution in [2.45, 2.75) is 64.5 Å². The van der Waals surface area contributed by atoms with Crippen LogP contribution in [0.25, 0.3) is 0 Å². The van der Waals surface area contributed by atoms with Crippen LogP contribution in [0.5, 0.6) is 0 Å². The summed E-state index contributed by atoms with van der Waals surface area (Å²) in [5.41, 5.74) is 8.70. The lowest BCUT2D eigenvalue weighted by Gasteiger charge is -2.43. The van der Waals surface area contributed by atoms with Crippen molar-refractivity contribution < 1.29 is 0 Å². The summed E-state index contributed by atoms with van der Waals surface area (Å²) in [6.07, 6.45) is 5.27. The van der Waals surface area contributed by atoms with Crippen molar-refractivity contribution in [2.75, 3.05) is 13.1 Å². The predicted octanol–water partition coefficient (Wildman–Crippen LogP) is 2.77. The Morgan fingerprint density at radius 3 is 2.43 bits per heavy atom. The predicted molar refractivity (Wildman–Crippen MR) is 88.8 cm³/mol. The summed E-state index contributed by atoms with van der Waals surface area (Å²) < 4.78 is 1.90. The molecule has 0 aliphatic carbocycles. The van der Waals surface area contributed by atoms with Crippen molar-refractivity contribution in [2.24, 2.45) is 12.8 Å². The molecule has 2 heterocycles. The van der Waals surface area contributed by atoms with Crippen molar-refractivity contribution in [3.63, 3.8) is 0 Å². The van der Waals surface area contributed by atoms with Crippen LogP contribution in [-0.4, -0.2) is 39.4 Å². The van der Waals surface area contributed by atoms with E-state index in [1.54, 1.807) is 0 Å². The molecule has 0 amide bonds. The number of likely N-dealkylation sites (tertiary alicyclic amines) is 1. The smallest absolute Gasteiger partial charge is 0.0850 e. The molecule has 120 valence electrons. The molecule has 2 atom stereocenters. The Hall–Kier alpha value is -0.580. The van der Waals surface area contributed by atoms with Crippen LogP contribution >= 0.6 is 11.6 Å². The van der Waals surface area contributed by atoms with Crippen LogP contribution < -0.4 is 5.73 Å². The van der Waals surface area contributed by atoms with E-state index in [4.69, 9.17) is 17.3 Å². The molecule has 21 heavy (non-hydrogen) atoms. The largest absolute Gasteiger partial charge is 0.326 e. The standard InChI is InChI=1S/C16H29ClN4/c1-5-12-15(17)13(20(4)19-12)11-14(18)16(3,6-2)21-9-7-8-10-21/h14H,5-11,18H2,1-4H3. The van der Waals surface area contributed by atoms with E-state index in [0.29, 0.717) is 0 Å². The van der Waals surface area contributed by atoms with Crippen LogP contribution in [-0.2, 0) is 19.9 Å². The van der Waals surface area contributed by atoms with Crippen LogP contribution in [0.3, 0.4) is 0 Å². The molecule has 2 unspecified atom stereocenters. The number of halogens is 1. The van der Waals surface area contributed by atoms with Gasteiger partial charge in [0.15, 0.2) is 0 Å². The molecule has 4 nitrogen and oxygen atoms in total. The Morgan fingerprint density at radius 2 is 1.95 bits per heavy atom. The van der Waals surface area contributed by atoms with Crippen LogP contribution in [0.1, 0.15) is 51.4 Å². The number of nitrogens with zero attached hydrogens (tertiary/aromatic N) is 3. The van der Waals surface area contributed by atoms with Crippen molar-refractivity contribution in [3.8, 4) is 0 Å². The molecular formula is C16H29ClN4. The Balaban J connectivity index is 2.19. The highest BCUT2D eigenvalue weighted by atomic mass is 35.5. The van der Waals surface area contributed by atoms with Gasteiger partial charge in [0.05, 0.1) is 16.4 Å².